The van der Waals surface area contributed by atoms with Crippen molar-refractivity contribution >= 4 is 21.7 Å². The number of benzene rings is 1. The van der Waals surface area contributed by atoms with Gasteiger partial charge in [0.25, 0.3) is 0 Å². The van der Waals surface area contributed by atoms with E-state index in [4.69, 9.17) is 9.68 Å². The highest BCUT2D eigenvalue weighted by Crippen LogP contribution is 2.26. The zero-order valence-corrected chi connectivity index (χ0v) is 16.6. The van der Waals surface area contributed by atoms with Crippen molar-refractivity contribution in [3.63, 3.8) is 0 Å². The molecule has 0 aliphatic carbocycles. The summed E-state index contributed by atoms with van der Waals surface area (Å²) in [5.41, 5.74) is 5.51. The maximum Gasteiger partial charge on any atom is 0.169 e. The van der Waals surface area contributed by atoms with E-state index in [0.29, 0.717) is 22.5 Å². The summed E-state index contributed by atoms with van der Waals surface area (Å²) in [6.07, 6.45) is 1.77. The molecule has 4 rings (SSSR count). The molecular weight excluding hydrogens is 418 g/mol. The predicted octanol–water partition coefficient (Wildman–Crippen LogP) is 5.29. The quantitative estimate of drug-likeness (QED) is 0.446. The van der Waals surface area contributed by atoms with E-state index in [9.17, 15) is 0 Å². The maximum absolute atomic E-state index is 9.04. The van der Waals surface area contributed by atoms with Crippen LogP contribution in [0.2, 0.25) is 0 Å². The Bertz CT molecular complexity index is 1170. The van der Waals surface area contributed by atoms with E-state index < -0.39 is 0 Å². The van der Waals surface area contributed by atoms with E-state index in [-0.39, 0.29) is 0 Å². The Hall–Kier alpha value is -3.37. The zero-order chi connectivity index (χ0) is 19.5. The van der Waals surface area contributed by atoms with E-state index in [1.807, 2.05) is 55.5 Å². The van der Waals surface area contributed by atoms with Crippen LogP contribution in [0.1, 0.15) is 16.8 Å². The molecule has 28 heavy (non-hydrogen) atoms. The normalized spacial score (nSPS) is 10.6. The first-order chi connectivity index (χ1) is 13.6. The lowest BCUT2D eigenvalue weighted by atomic mass is 9.99. The summed E-state index contributed by atoms with van der Waals surface area (Å²) in [5.74, 6) is 1.46. The molecule has 138 valence electrons. The Kier molecular flexibility index (Phi) is 4.96. The molecule has 3 heterocycles. The maximum atomic E-state index is 9.04. The third-order valence-corrected chi connectivity index (χ3v) is 4.77. The van der Waals surface area contributed by atoms with Gasteiger partial charge in [-0.1, -0.05) is 6.07 Å². The summed E-state index contributed by atoms with van der Waals surface area (Å²) >= 11 is 3.30. The lowest BCUT2D eigenvalue weighted by Gasteiger charge is -2.09. The summed E-state index contributed by atoms with van der Waals surface area (Å²) in [6.45, 7) is 2.56. The van der Waals surface area contributed by atoms with Crippen LogP contribution in [0.15, 0.2) is 63.8 Å². The average Bonchev–Trinajstić information content (AvgIpc) is 3.35. The minimum atomic E-state index is 0.553. The molecule has 0 unspecified atom stereocenters. The Morgan fingerprint density at radius 3 is 2.82 bits per heavy atom. The van der Waals surface area contributed by atoms with Crippen LogP contribution in [0.3, 0.4) is 0 Å². The fraction of sp³-hybridized carbons (Fsp3) is 0.0952. The van der Waals surface area contributed by atoms with Crippen LogP contribution in [0.4, 0.5) is 5.82 Å². The molecular formula is C21H16BrN5O. The fourth-order valence-electron chi connectivity index (χ4n) is 2.97. The van der Waals surface area contributed by atoms with Crippen LogP contribution in [0.25, 0.3) is 22.6 Å². The molecule has 0 saturated carbocycles. The first-order valence-electron chi connectivity index (χ1n) is 8.63. The van der Waals surface area contributed by atoms with E-state index in [0.717, 1.165) is 33.9 Å². The molecule has 0 amide bonds. The molecule has 7 heteroatoms. The molecule has 0 bridgehead atoms. The molecule has 0 radical (unpaired) electrons. The number of aryl methyl sites for hydroxylation is 1. The van der Waals surface area contributed by atoms with E-state index in [1.54, 1.807) is 6.20 Å². The molecule has 0 aliphatic rings. The van der Waals surface area contributed by atoms with E-state index in [2.05, 4.69) is 42.5 Å². The molecule has 2 N–H and O–H groups in total. The number of H-pyrrole nitrogens is 1. The van der Waals surface area contributed by atoms with Crippen LogP contribution in [-0.2, 0) is 6.54 Å². The lowest BCUT2D eigenvalue weighted by molar-refractivity contribution is 0.553. The number of nitrogens with zero attached hydrogens (tertiary/aromatic N) is 3. The number of halogens is 1. The van der Waals surface area contributed by atoms with E-state index >= 15 is 0 Å². The van der Waals surface area contributed by atoms with Gasteiger partial charge < -0.3 is 9.73 Å². The average molecular weight is 434 g/mol. The van der Waals surface area contributed by atoms with Gasteiger partial charge in [0.1, 0.15) is 11.5 Å². The van der Waals surface area contributed by atoms with Crippen molar-refractivity contribution in [3.8, 4) is 28.7 Å². The van der Waals surface area contributed by atoms with Gasteiger partial charge in [0.15, 0.2) is 10.4 Å². The van der Waals surface area contributed by atoms with Gasteiger partial charge in [0.05, 0.1) is 23.9 Å². The zero-order valence-electron chi connectivity index (χ0n) is 15.0. The Labute approximate surface area is 170 Å². The number of nitrogens with one attached hydrogen (secondary N) is 2. The van der Waals surface area contributed by atoms with Crippen molar-refractivity contribution in [1.82, 2.24) is 15.2 Å². The second-order valence-electron chi connectivity index (χ2n) is 6.31. The first kappa shape index (κ1) is 18.0. The molecule has 0 saturated heterocycles. The number of hydrogen-bond acceptors (Lipinski definition) is 5. The van der Waals surface area contributed by atoms with Gasteiger partial charge in [-0.2, -0.15) is 10.4 Å². The smallest absolute Gasteiger partial charge is 0.169 e. The molecule has 0 fully saturated rings. The van der Waals surface area contributed by atoms with Crippen LogP contribution in [-0.4, -0.2) is 15.2 Å². The van der Waals surface area contributed by atoms with Gasteiger partial charge in [0, 0.05) is 6.20 Å². The van der Waals surface area contributed by atoms with Crippen molar-refractivity contribution < 1.29 is 4.42 Å². The number of aromatic amines is 1. The summed E-state index contributed by atoms with van der Waals surface area (Å²) in [7, 11) is 0. The van der Waals surface area contributed by atoms with Gasteiger partial charge >= 0.3 is 0 Å². The first-order valence-corrected chi connectivity index (χ1v) is 9.43. The van der Waals surface area contributed by atoms with Crippen molar-refractivity contribution in [3.05, 3.63) is 76.2 Å². The number of rotatable bonds is 5. The molecule has 1 aromatic carbocycles. The highest BCUT2D eigenvalue weighted by molar-refractivity contribution is 9.10. The predicted molar refractivity (Wildman–Crippen MR) is 110 cm³/mol. The van der Waals surface area contributed by atoms with Gasteiger partial charge in [-0.25, -0.2) is 4.98 Å². The van der Waals surface area contributed by atoms with E-state index in [1.165, 1.54) is 0 Å². The van der Waals surface area contributed by atoms with Gasteiger partial charge in [-0.15, -0.1) is 0 Å². The van der Waals surface area contributed by atoms with Crippen molar-refractivity contribution in [2.24, 2.45) is 0 Å². The second kappa shape index (κ2) is 7.71. The fourth-order valence-corrected chi connectivity index (χ4v) is 3.27. The van der Waals surface area contributed by atoms with Crippen LogP contribution in [0, 0.1) is 18.3 Å². The minimum Gasteiger partial charge on any atom is -0.448 e. The molecule has 0 spiro atoms. The number of pyridine rings is 1. The Morgan fingerprint density at radius 2 is 2.07 bits per heavy atom. The van der Waals surface area contributed by atoms with Gasteiger partial charge in [-0.3, -0.25) is 5.10 Å². The number of furan rings is 1. The summed E-state index contributed by atoms with van der Waals surface area (Å²) < 4.78 is 6.19. The number of anilines is 1. The van der Waals surface area contributed by atoms with Crippen molar-refractivity contribution in [2.45, 2.75) is 13.5 Å². The monoisotopic (exact) mass is 433 g/mol. The summed E-state index contributed by atoms with van der Waals surface area (Å²) in [4.78, 5) is 4.39. The number of nitriles is 1. The third-order valence-electron chi connectivity index (χ3n) is 4.34. The van der Waals surface area contributed by atoms with Crippen LogP contribution >= 0.6 is 15.9 Å². The highest BCUT2D eigenvalue weighted by atomic mass is 79.9. The molecule has 3 aromatic heterocycles. The molecule has 6 nitrogen and oxygen atoms in total. The number of hydrogen-bond donors (Lipinski definition) is 2. The Balaban J connectivity index is 1.49. The topological polar surface area (TPSA) is 90.5 Å². The minimum absolute atomic E-state index is 0.553. The molecule has 0 aliphatic heterocycles. The van der Waals surface area contributed by atoms with Crippen LogP contribution < -0.4 is 5.32 Å². The second-order valence-corrected chi connectivity index (χ2v) is 7.09. The summed E-state index contributed by atoms with van der Waals surface area (Å²) in [6, 6.07) is 17.4. The third kappa shape index (κ3) is 3.82. The van der Waals surface area contributed by atoms with Gasteiger partial charge in [0.2, 0.25) is 0 Å². The number of aromatic nitrogens is 3. The standard InChI is InChI=1S/C21H16BrN5O/c1-13-8-14(11-23)2-3-17(13)15-6-7-24-21(9-15)25-12-16-10-18(27-26-16)19-4-5-20(22)28-19/h2-10H,12H2,1H3,(H,24,25)(H,26,27). The lowest BCUT2D eigenvalue weighted by Crippen LogP contribution is -2.01. The van der Waals surface area contributed by atoms with Gasteiger partial charge in [-0.05, 0) is 82.0 Å². The largest absolute Gasteiger partial charge is 0.448 e. The SMILES string of the molecule is Cc1cc(C#N)ccc1-c1ccnc(NCc2cc(-c3ccc(Br)o3)n[nH]2)c1. The summed E-state index contributed by atoms with van der Waals surface area (Å²) in [5, 5.41) is 19.6. The van der Waals surface area contributed by atoms with Crippen LogP contribution in [0.5, 0.6) is 0 Å². The molecule has 0 atom stereocenters. The Morgan fingerprint density at radius 1 is 1.18 bits per heavy atom. The van der Waals surface area contributed by atoms with Crippen molar-refractivity contribution in [1.29, 1.82) is 5.26 Å². The highest BCUT2D eigenvalue weighted by Gasteiger charge is 2.09. The van der Waals surface area contributed by atoms with Crippen molar-refractivity contribution in [2.75, 3.05) is 5.32 Å². The molecule has 4 aromatic rings.